The maximum absolute atomic E-state index is 11.7. The third-order valence-electron chi connectivity index (χ3n) is 2.81. The maximum Gasteiger partial charge on any atom is 0.319 e. The summed E-state index contributed by atoms with van der Waals surface area (Å²) in [6.45, 7) is 1.20. The zero-order valence-corrected chi connectivity index (χ0v) is 12.4. The molecule has 2 N–H and O–H groups in total. The van der Waals surface area contributed by atoms with E-state index in [-0.39, 0.29) is 6.03 Å². The van der Waals surface area contributed by atoms with Gasteiger partial charge in [0.2, 0.25) is 0 Å². The van der Waals surface area contributed by atoms with Crippen molar-refractivity contribution in [1.82, 2.24) is 10.3 Å². The van der Waals surface area contributed by atoms with E-state index in [0.717, 1.165) is 6.42 Å². The highest BCUT2D eigenvalue weighted by Gasteiger charge is 2.02. The minimum atomic E-state index is -0.237. The van der Waals surface area contributed by atoms with Gasteiger partial charge >= 0.3 is 6.03 Å². The number of amides is 2. The first-order chi connectivity index (χ1) is 10.8. The molecule has 0 aliphatic rings. The Bertz CT molecular complexity index is 573. The smallest absolute Gasteiger partial charge is 0.319 e. The van der Waals surface area contributed by atoms with Crippen LogP contribution in [0.2, 0.25) is 0 Å². The molecule has 0 atom stereocenters. The largest absolute Gasteiger partial charge is 0.457 e. The topological polar surface area (TPSA) is 72.5 Å². The molecular formula is C16H19N3O3. The lowest BCUT2D eigenvalue weighted by Crippen LogP contribution is -2.29. The average Bonchev–Trinajstić information content (AvgIpc) is 2.54. The van der Waals surface area contributed by atoms with E-state index in [2.05, 4.69) is 15.6 Å². The van der Waals surface area contributed by atoms with Crippen LogP contribution in [0.3, 0.4) is 0 Å². The fourth-order valence-electron chi connectivity index (χ4n) is 1.74. The second kappa shape index (κ2) is 8.63. The molecule has 6 heteroatoms. The quantitative estimate of drug-likeness (QED) is 0.771. The van der Waals surface area contributed by atoms with Gasteiger partial charge in [0.25, 0.3) is 0 Å². The van der Waals surface area contributed by atoms with Gasteiger partial charge < -0.3 is 20.1 Å². The molecule has 6 nitrogen and oxygen atoms in total. The summed E-state index contributed by atoms with van der Waals surface area (Å²) in [5.41, 5.74) is 0.700. The van der Waals surface area contributed by atoms with Crippen LogP contribution in [-0.4, -0.2) is 31.3 Å². The highest BCUT2D eigenvalue weighted by atomic mass is 16.5. The summed E-state index contributed by atoms with van der Waals surface area (Å²) in [7, 11) is 1.63. The third kappa shape index (κ3) is 5.41. The molecule has 2 rings (SSSR count). The van der Waals surface area contributed by atoms with Crippen LogP contribution in [0.25, 0.3) is 0 Å². The predicted molar refractivity (Wildman–Crippen MR) is 84.3 cm³/mol. The molecule has 0 bridgehead atoms. The van der Waals surface area contributed by atoms with Crippen LogP contribution < -0.4 is 15.4 Å². The molecule has 0 aliphatic carbocycles. The van der Waals surface area contributed by atoms with Crippen molar-refractivity contribution in [3.8, 4) is 11.5 Å². The van der Waals surface area contributed by atoms with Crippen molar-refractivity contribution < 1.29 is 14.3 Å². The molecule has 0 aliphatic heterocycles. The number of carbonyl (C=O) groups excluding carboxylic acids is 1. The van der Waals surface area contributed by atoms with Gasteiger partial charge in [-0.05, 0) is 42.8 Å². The van der Waals surface area contributed by atoms with Crippen molar-refractivity contribution >= 4 is 11.7 Å². The monoisotopic (exact) mass is 301 g/mol. The molecule has 1 aromatic heterocycles. The number of ether oxygens (including phenoxy) is 2. The number of hydrogen-bond donors (Lipinski definition) is 2. The Hall–Kier alpha value is -2.60. The number of nitrogens with zero attached hydrogens (tertiary/aromatic N) is 1. The predicted octanol–water partition coefficient (Wildman–Crippen LogP) is 3.03. The SMILES string of the molecule is COCCCNC(=O)Nc1ccc(Oc2ccncc2)cc1. The van der Waals surface area contributed by atoms with E-state index in [4.69, 9.17) is 9.47 Å². The molecule has 0 unspecified atom stereocenters. The Kier molecular flexibility index (Phi) is 6.19. The molecule has 22 heavy (non-hydrogen) atoms. The summed E-state index contributed by atoms with van der Waals surface area (Å²) in [6, 6.07) is 10.5. The van der Waals surface area contributed by atoms with Gasteiger partial charge in [-0.3, -0.25) is 4.98 Å². The number of carbonyl (C=O) groups is 1. The van der Waals surface area contributed by atoms with Gasteiger partial charge in [-0.15, -0.1) is 0 Å². The molecule has 2 amide bonds. The highest BCUT2D eigenvalue weighted by molar-refractivity contribution is 5.89. The van der Waals surface area contributed by atoms with Crippen molar-refractivity contribution in [3.63, 3.8) is 0 Å². The lowest BCUT2D eigenvalue weighted by Gasteiger charge is -2.09. The Balaban J connectivity index is 1.80. The van der Waals surface area contributed by atoms with Crippen LogP contribution >= 0.6 is 0 Å². The van der Waals surface area contributed by atoms with Crippen molar-refractivity contribution in [2.24, 2.45) is 0 Å². The van der Waals surface area contributed by atoms with Gasteiger partial charge in [-0.25, -0.2) is 4.79 Å². The first kappa shape index (κ1) is 15.8. The van der Waals surface area contributed by atoms with Crippen molar-refractivity contribution in [1.29, 1.82) is 0 Å². The lowest BCUT2D eigenvalue weighted by molar-refractivity contribution is 0.194. The summed E-state index contributed by atoms with van der Waals surface area (Å²) in [6.07, 6.45) is 4.11. The first-order valence-corrected chi connectivity index (χ1v) is 6.99. The molecule has 0 fully saturated rings. The van der Waals surface area contributed by atoms with Crippen LogP contribution in [0.5, 0.6) is 11.5 Å². The van der Waals surface area contributed by atoms with Crippen LogP contribution in [0.15, 0.2) is 48.8 Å². The molecule has 2 aromatic rings. The minimum Gasteiger partial charge on any atom is -0.457 e. The Labute approximate surface area is 129 Å². The fourth-order valence-corrected chi connectivity index (χ4v) is 1.74. The van der Waals surface area contributed by atoms with Crippen molar-refractivity contribution in [3.05, 3.63) is 48.8 Å². The van der Waals surface area contributed by atoms with Crippen molar-refractivity contribution in [2.75, 3.05) is 25.6 Å². The number of benzene rings is 1. The second-order valence-corrected chi connectivity index (χ2v) is 4.54. The van der Waals surface area contributed by atoms with E-state index in [1.807, 2.05) is 0 Å². The molecular weight excluding hydrogens is 282 g/mol. The van der Waals surface area contributed by atoms with E-state index >= 15 is 0 Å². The molecule has 0 radical (unpaired) electrons. The number of nitrogens with one attached hydrogen (secondary N) is 2. The Morgan fingerprint density at radius 2 is 1.77 bits per heavy atom. The van der Waals surface area contributed by atoms with E-state index < -0.39 is 0 Å². The van der Waals surface area contributed by atoms with Crippen LogP contribution in [0.1, 0.15) is 6.42 Å². The highest BCUT2D eigenvalue weighted by Crippen LogP contribution is 2.22. The van der Waals surface area contributed by atoms with Crippen LogP contribution in [-0.2, 0) is 4.74 Å². The molecule has 0 spiro atoms. The zero-order chi connectivity index (χ0) is 15.6. The summed E-state index contributed by atoms with van der Waals surface area (Å²) in [5, 5.41) is 5.51. The number of anilines is 1. The molecule has 1 heterocycles. The minimum absolute atomic E-state index is 0.237. The number of pyridine rings is 1. The van der Waals surface area contributed by atoms with Gasteiger partial charge in [-0.1, -0.05) is 0 Å². The molecule has 1 aromatic carbocycles. The number of methoxy groups -OCH3 is 1. The van der Waals surface area contributed by atoms with Gasteiger partial charge in [-0.2, -0.15) is 0 Å². The summed E-state index contributed by atoms with van der Waals surface area (Å²) in [4.78, 5) is 15.6. The van der Waals surface area contributed by atoms with Crippen LogP contribution in [0, 0.1) is 0 Å². The first-order valence-electron chi connectivity index (χ1n) is 6.99. The van der Waals surface area contributed by atoms with E-state index in [0.29, 0.717) is 30.3 Å². The van der Waals surface area contributed by atoms with Crippen LogP contribution in [0.4, 0.5) is 10.5 Å². The third-order valence-corrected chi connectivity index (χ3v) is 2.81. The number of urea groups is 1. The fraction of sp³-hybridized carbons (Fsp3) is 0.250. The molecule has 0 saturated heterocycles. The lowest BCUT2D eigenvalue weighted by atomic mass is 10.3. The maximum atomic E-state index is 11.7. The summed E-state index contributed by atoms with van der Waals surface area (Å²) in [5.74, 6) is 1.41. The standard InChI is InChI=1S/C16H19N3O3/c1-21-12-2-9-18-16(20)19-13-3-5-14(6-4-13)22-15-7-10-17-11-8-15/h3-8,10-11H,2,9,12H2,1H3,(H2,18,19,20). The van der Waals surface area contributed by atoms with Gasteiger partial charge in [0.1, 0.15) is 11.5 Å². The summed E-state index contributed by atoms with van der Waals surface area (Å²) < 4.78 is 10.6. The number of rotatable bonds is 7. The van der Waals surface area contributed by atoms with Gasteiger partial charge in [0.05, 0.1) is 0 Å². The van der Waals surface area contributed by atoms with E-state index in [1.54, 1.807) is 55.9 Å². The van der Waals surface area contributed by atoms with Gasteiger partial charge in [0.15, 0.2) is 0 Å². The van der Waals surface area contributed by atoms with Crippen molar-refractivity contribution in [2.45, 2.75) is 6.42 Å². The summed E-state index contributed by atoms with van der Waals surface area (Å²) >= 11 is 0. The van der Waals surface area contributed by atoms with Gasteiger partial charge in [0, 0.05) is 38.3 Å². The number of hydrogen-bond acceptors (Lipinski definition) is 4. The molecule has 0 saturated carbocycles. The average molecular weight is 301 g/mol. The van der Waals surface area contributed by atoms with E-state index in [9.17, 15) is 4.79 Å². The number of aromatic nitrogens is 1. The van der Waals surface area contributed by atoms with E-state index in [1.165, 1.54) is 0 Å². The second-order valence-electron chi connectivity index (χ2n) is 4.54. The molecule has 116 valence electrons. The Morgan fingerprint density at radius 3 is 2.45 bits per heavy atom. The Morgan fingerprint density at radius 1 is 1.09 bits per heavy atom. The normalized spacial score (nSPS) is 10.0. The zero-order valence-electron chi connectivity index (χ0n) is 12.4.